The van der Waals surface area contributed by atoms with E-state index in [1.807, 2.05) is 12.1 Å². The summed E-state index contributed by atoms with van der Waals surface area (Å²) in [5.74, 6) is 1.15. The highest BCUT2D eigenvalue weighted by Gasteiger charge is 2.21. The predicted octanol–water partition coefficient (Wildman–Crippen LogP) is 2.24. The van der Waals surface area contributed by atoms with Crippen molar-refractivity contribution in [1.82, 2.24) is 20.4 Å². The zero-order valence-corrected chi connectivity index (χ0v) is 16.8. The van der Waals surface area contributed by atoms with Crippen molar-refractivity contribution in [2.24, 2.45) is 0 Å². The third-order valence-electron chi connectivity index (χ3n) is 5.53. The van der Waals surface area contributed by atoms with Crippen LogP contribution in [-0.2, 0) is 11.3 Å². The van der Waals surface area contributed by atoms with Gasteiger partial charge in [0.15, 0.2) is 12.4 Å². The van der Waals surface area contributed by atoms with Crippen molar-refractivity contribution >= 4 is 11.7 Å². The molecule has 29 heavy (non-hydrogen) atoms. The first kappa shape index (κ1) is 19.6. The standard InChI is InChI=1S/C22H29N5O2/c28-21(17-29-22-11-10-20(24-25-22)27-13-4-5-14-27)23-19-9-6-12-26(16-19)15-18-7-2-1-3-8-18/h1-3,7-8,10-11,19H,4-6,9,12-17H2,(H,23,28)/t19-/m1/s1. The third-order valence-corrected chi connectivity index (χ3v) is 5.53. The number of carbonyl (C=O) groups excluding carboxylic acids is 1. The summed E-state index contributed by atoms with van der Waals surface area (Å²) < 4.78 is 5.53. The molecule has 2 saturated heterocycles. The first-order valence-electron chi connectivity index (χ1n) is 10.5. The lowest BCUT2D eigenvalue weighted by molar-refractivity contribution is -0.124. The minimum atomic E-state index is -0.109. The number of nitrogens with one attached hydrogen (secondary N) is 1. The second-order valence-electron chi connectivity index (χ2n) is 7.84. The number of aromatic nitrogens is 2. The maximum Gasteiger partial charge on any atom is 0.258 e. The second kappa shape index (κ2) is 9.69. The average molecular weight is 396 g/mol. The van der Waals surface area contributed by atoms with Crippen LogP contribution in [0.1, 0.15) is 31.2 Å². The van der Waals surface area contributed by atoms with Gasteiger partial charge in [0.2, 0.25) is 5.88 Å². The second-order valence-corrected chi connectivity index (χ2v) is 7.84. The Labute approximate surface area is 172 Å². The van der Waals surface area contributed by atoms with Gasteiger partial charge in [-0.3, -0.25) is 9.69 Å². The Kier molecular flexibility index (Phi) is 6.56. The minimum absolute atomic E-state index is 0.0348. The Morgan fingerprint density at radius 1 is 1.03 bits per heavy atom. The lowest BCUT2D eigenvalue weighted by Crippen LogP contribution is -2.48. The van der Waals surface area contributed by atoms with E-state index < -0.39 is 0 Å². The van der Waals surface area contributed by atoms with Crippen molar-refractivity contribution in [2.75, 3.05) is 37.7 Å². The van der Waals surface area contributed by atoms with E-state index in [4.69, 9.17) is 4.74 Å². The number of hydrogen-bond donors (Lipinski definition) is 1. The molecule has 1 aromatic heterocycles. The van der Waals surface area contributed by atoms with E-state index in [0.29, 0.717) is 5.88 Å². The van der Waals surface area contributed by atoms with Crippen LogP contribution in [0.15, 0.2) is 42.5 Å². The zero-order chi connectivity index (χ0) is 19.9. The fraction of sp³-hybridized carbons (Fsp3) is 0.500. The van der Waals surface area contributed by atoms with E-state index in [1.165, 1.54) is 18.4 Å². The largest absolute Gasteiger partial charge is 0.466 e. The van der Waals surface area contributed by atoms with Crippen LogP contribution in [0.25, 0.3) is 0 Å². The van der Waals surface area contributed by atoms with E-state index in [9.17, 15) is 4.79 Å². The number of rotatable bonds is 7. The molecule has 1 amide bonds. The molecule has 154 valence electrons. The molecule has 4 rings (SSSR count). The van der Waals surface area contributed by atoms with Gasteiger partial charge in [-0.1, -0.05) is 30.3 Å². The van der Waals surface area contributed by atoms with Crippen molar-refractivity contribution in [3.63, 3.8) is 0 Å². The molecule has 2 aliphatic rings. The molecular weight excluding hydrogens is 366 g/mol. The van der Waals surface area contributed by atoms with Gasteiger partial charge in [0.25, 0.3) is 5.91 Å². The van der Waals surface area contributed by atoms with Gasteiger partial charge in [-0.15, -0.1) is 10.2 Å². The normalized spacial score (nSPS) is 19.9. The van der Waals surface area contributed by atoms with E-state index in [2.05, 4.69) is 49.6 Å². The molecule has 2 aromatic rings. The van der Waals surface area contributed by atoms with Crippen LogP contribution in [0.5, 0.6) is 5.88 Å². The number of ether oxygens (including phenoxy) is 1. The van der Waals surface area contributed by atoms with Gasteiger partial charge in [-0.25, -0.2) is 0 Å². The molecule has 0 radical (unpaired) electrons. The highest BCUT2D eigenvalue weighted by atomic mass is 16.5. The average Bonchev–Trinajstić information content (AvgIpc) is 3.29. The third kappa shape index (κ3) is 5.67. The molecular formula is C22H29N5O2. The molecule has 1 aromatic carbocycles. The molecule has 7 heteroatoms. The summed E-state index contributed by atoms with van der Waals surface area (Å²) in [5, 5.41) is 11.4. The van der Waals surface area contributed by atoms with Crippen molar-refractivity contribution in [2.45, 2.75) is 38.3 Å². The summed E-state index contributed by atoms with van der Waals surface area (Å²) in [5.41, 5.74) is 1.30. The fourth-order valence-electron chi connectivity index (χ4n) is 4.07. The number of piperidine rings is 1. The van der Waals surface area contributed by atoms with Crippen LogP contribution in [0, 0.1) is 0 Å². The van der Waals surface area contributed by atoms with E-state index in [1.54, 1.807) is 6.07 Å². The Bertz CT molecular complexity index is 778. The van der Waals surface area contributed by atoms with Crippen LogP contribution < -0.4 is 15.0 Å². The molecule has 3 heterocycles. The molecule has 0 unspecified atom stereocenters. The Hall–Kier alpha value is -2.67. The van der Waals surface area contributed by atoms with Gasteiger partial charge in [0, 0.05) is 38.3 Å². The van der Waals surface area contributed by atoms with Crippen LogP contribution in [0.2, 0.25) is 0 Å². The summed E-state index contributed by atoms with van der Waals surface area (Å²) in [4.78, 5) is 16.9. The molecule has 2 aliphatic heterocycles. The smallest absolute Gasteiger partial charge is 0.258 e. The summed E-state index contributed by atoms with van der Waals surface area (Å²) in [6, 6.07) is 14.3. The molecule has 0 aliphatic carbocycles. The molecule has 0 bridgehead atoms. The first-order valence-corrected chi connectivity index (χ1v) is 10.5. The van der Waals surface area contributed by atoms with Gasteiger partial charge in [-0.05, 0) is 43.9 Å². The monoisotopic (exact) mass is 395 g/mol. The van der Waals surface area contributed by atoms with Gasteiger partial charge in [0.1, 0.15) is 0 Å². The lowest BCUT2D eigenvalue weighted by atomic mass is 10.0. The van der Waals surface area contributed by atoms with Crippen molar-refractivity contribution < 1.29 is 9.53 Å². The molecule has 2 fully saturated rings. The van der Waals surface area contributed by atoms with Crippen LogP contribution in [0.4, 0.5) is 5.82 Å². The lowest BCUT2D eigenvalue weighted by Gasteiger charge is -2.33. The summed E-state index contributed by atoms with van der Waals surface area (Å²) in [6.45, 7) is 4.87. The SMILES string of the molecule is O=C(COc1ccc(N2CCCC2)nn1)N[C@@H]1CCCN(Cc2ccccc2)C1. The minimum Gasteiger partial charge on any atom is -0.466 e. The van der Waals surface area contributed by atoms with Crippen molar-refractivity contribution in [1.29, 1.82) is 0 Å². The molecule has 0 saturated carbocycles. The highest BCUT2D eigenvalue weighted by Crippen LogP contribution is 2.18. The first-order chi connectivity index (χ1) is 14.3. The van der Waals surface area contributed by atoms with E-state index >= 15 is 0 Å². The Morgan fingerprint density at radius 2 is 1.86 bits per heavy atom. The molecule has 7 nitrogen and oxygen atoms in total. The van der Waals surface area contributed by atoms with Gasteiger partial charge in [-0.2, -0.15) is 0 Å². The fourth-order valence-corrected chi connectivity index (χ4v) is 4.07. The van der Waals surface area contributed by atoms with E-state index in [-0.39, 0.29) is 18.6 Å². The highest BCUT2D eigenvalue weighted by molar-refractivity contribution is 5.77. The van der Waals surface area contributed by atoms with Crippen molar-refractivity contribution in [3.8, 4) is 5.88 Å². The maximum absolute atomic E-state index is 12.3. The quantitative estimate of drug-likeness (QED) is 0.775. The number of amides is 1. The number of hydrogen-bond acceptors (Lipinski definition) is 6. The van der Waals surface area contributed by atoms with E-state index in [0.717, 1.165) is 51.4 Å². The Morgan fingerprint density at radius 3 is 2.62 bits per heavy atom. The topological polar surface area (TPSA) is 70.6 Å². The summed E-state index contributed by atoms with van der Waals surface area (Å²) in [7, 11) is 0. The number of likely N-dealkylation sites (tertiary alicyclic amines) is 1. The Balaban J connectivity index is 1.21. The molecule has 1 atom stereocenters. The van der Waals surface area contributed by atoms with Gasteiger partial charge < -0.3 is 15.0 Å². The molecule has 0 spiro atoms. The predicted molar refractivity (Wildman–Crippen MR) is 112 cm³/mol. The number of anilines is 1. The van der Waals surface area contributed by atoms with Crippen LogP contribution in [0.3, 0.4) is 0 Å². The number of nitrogens with zero attached hydrogens (tertiary/aromatic N) is 4. The van der Waals surface area contributed by atoms with Crippen LogP contribution >= 0.6 is 0 Å². The van der Waals surface area contributed by atoms with Gasteiger partial charge >= 0.3 is 0 Å². The summed E-state index contributed by atoms with van der Waals surface area (Å²) in [6.07, 6.45) is 4.48. The van der Waals surface area contributed by atoms with Crippen molar-refractivity contribution in [3.05, 3.63) is 48.0 Å². The molecule has 1 N–H and O–H groups in total. The van der Waals surface area contributed by atoms with Crippen LogP contribution in [-0.4, -0.2) is 59.8 Å². The number of benzene rings is 1. The maximum atomic E-state index is 12.3. The number of carbonyl (C=O) groups is 1. The summed E-state index contributed by atoms with van der Waals surface area (Å²) >= 11 is 0. The zero-order valence-electron chi connectivity index (χ0n) is 16.8. The van der Waals surface area contributed by atoms with Gasteiger partial charge in [0.05, 0.1) is 0 Å².